The highest BCUT2D eigenvalue weighted by molar-refractivity contribution is 5.25. The number of rotatable bonds is 6. The van der Waals surface area contributed by atoms with Crippen molar-refractivity contribution in [3.8, 4) is 0 Å². The van der Waals surface area contributed by atoms with Crippen molar-refractivity contribution in [2.75, 3.05) is 0 Å². The van der Waals surface area contributed by atoms with Gasteiger partial charge in [0.1, 0.15) is 0 Å². The summed E-state index contributed by atoms with van der Waals surface area (Å²) in [4.78, 5) is 0. The Bertz CT molecular complexity index is 375. The molecule has 112 valence electrons. The Morgan fingerprint density at radius 1 is 1.00 bits per heavy atom. The molecule has 0 aliphatic heterocycles. The molecule has 2 rings (SSSR count). The van der Waals surface area contributed by atoms with E-state index in [4.69, 9.17) is 0 Å². The summed E-state index contributed by atoms with van der Waals surface area (Å²) >= 11 is 0. The first kappa shape index (κ1) is 15.5. The summed E-state index contributed by atoms with van der Waals surface area (Å²) in [7, 11) is 0. The minimum atomic E-state index is -1.13. The second-order valence-electron chi connectivity index (χ2n) is 6.22. The molecule has 0 bridgehead atoms. The largest absolute Gasteiger partial charge is 0.368 e. The average Bonchev–Trinajstić information content (AvgIpc) is 2.48. The van der Waals surface area contributed by atoms with Gasteiger partial charge in [-0.05, 0) is 55.6 Å². The van der Waals surface area contributed by atoms with E-state index in [1.54, 1.807) is 0 Å². The molecule has 1 aliphatic carbocycles. The van der Waals surface area contributed by atoms with E-state index >= 15 is 0 Å². The van der Waals surface area contributed by atoms with E-state index in [0.29, 0.717) is 5.92 Å². The summed E-state index contributed by atoms with van der Waals surface area (Å²) in [6.07, 6.45) is 7.97. The Balaban J connectivity index is 1.84. The number of hydrogen-bond donors (Lipinski definition) is 2. The van der Waals surface area contributed by atoms with Crippen LogP contribution >= 0.6 is 0 Å². The quantitative estimate of drug-likeness (QED) is 0.609. The topological polar surface area (TPSA) is 40.5 Å². The fraction of sp³-hybridized carbons (Fsp3) is 0.667. The first-order valence-corrected chi connectivity index (χ1v) is 8.15. The zero-order valence-electron chi connectivity index (χ0n) is 12.6. The van der Waals surface area contributed by atoms with Crippen molar-refractivity contribution in [3.63, 3.8) is 0 Å². The molecule has 0 amide bonds. The van der Waals surface area contributed by atoms with E-state index in [9.17, 15) is 10.2 Å². The predicted molar refractivity (Wildman–Crippen MR) is 82.6 cm³/mol. The van der Waals surface area contributed by atoms with Gasteiger partial charge in [0, 0.05) is 5.92 Å². The Labute approximate surface area is 122 Å². The number of aliphatic hydroxyl groups is 2. The van der Waals surface area contributed by atoms with Gasteiger partial charge in [-0.25, -0.2) is 0 Å². The van der Waals surface area contributed by atoms with Gasteiger partial charge < -0.3 is 10.2 Å². The van der Waals surface area contributed by atoms with Gasteiger partial charge in [-0.1, -0.05) is 44.0 Å². The Hall–Kier alpha value is -0.860. The molecular weight excluding hydrogens is 248 g/mol. The standard InChI is InChI=1S/C18H28O2/c1-2-3-4-5-14-6-8-15(9-7-14)16-10-12-17(13-11-16)18(19)20/h6-9,16-20H,2-5,10-13H2,1H3. The van der Waals surface area contributed by atoms with Crippen molar-refractivity contribution >= 4 is 0 Å². The van der Waals surface area contributed by atoms with Crippen molar-refractivity contribution in [1.82, 2.24) is 0 Å². The van der Waals surface area contributed by atoms with Gasteiger partial charge in [0.2, 0.25) is 0 Å². The van der Waals surface area contributed by atoms with E-state index in [0.717, 1.165) is 25.7 Å². The third kappa shape index (κ3) is 4.32. The van der Waals surface area contributed by atoms with Gasteiger partial charge in [-0.3, -0.25) is 0 Å². The molecule has 0 saturated heterocycles. The predicted octanol–water partition coefficient (Wildman–Crippen LogP) is 4.00. The lowest BCUT2D eigenvalue weighted by Gasteiger charge is -2.29. The Morgan fingerprint density at radius 3 is 2.20 bits per heavy atom. The maximum Gasteiger partial charge on any atom is 0.154 e. The molecule has 0 spiro atoms. The van der Waals surface area contributed by atoms with Crippen molar-refractivity contribution in [2.45, 2.75) is 70.5 Å². The molecule has 0 unspecified atom stereocenters. The highest BCUT2D eigenvalue weighted by Gasteiger charge is 2.25. The summed E-state index contributed by atoms with van der Waals surface area (Å²) in [5.41, 5.74) is 2.87. The first-order valence-electron chi connectivity index (χ1n) is 8.15. The van der Waals surface area contributed by atoms with Crippen LogP contribution in [0.1, 0.15) is 68.9 Å². The minimum absolute atomic E-state index is 0.0829. The van der Waals surface area contributed by atoms with E-state index in [2.05, 4.69) is 31.2 Å². The summed E-state index contributed by atoms with van der Waals surface area (Å²) in [5, 5.41) is 18.5. The van der Waals surface area contributed by atoms with Crippen LogP contribution in [0.4, 0.5) is 0 Å². The lowest BCUT2D eigenvalue weighted by Crippen LogP contribution is -2.24. The molecule has 2 N–H and O–H groups in total. The smallest absolute Gasteiger partial charge is 0.154 e. The molecule has 1 aliphatic rings. The van der Waals surface area contributed by atoms with Gasteiger partial charge in [-0.15, -0.1) is 0 Å². The third-order valence-corrected chi connectivity index (χ3v) is 4.71. The molecule has 1 aromatic rings. The molecule has 0 atom stereocenters. The van der Waals surface area contributed by atoms with Crippen LogP contribution < -0.4 is 0 Å². The number of benzene rings is 1. The third-order valence-electron chi connectivity index (χ3n) is 4.71. The number of unbranched alkanes of at least 4 members (excludes halogenated alkanes) is 2. The average molecular weight is 276 g/mol. The van der Waals surface area contributed by atoms with Crippen molar-refractivity contribution in [2.24, 2.45) is 5.92 Å². The van der Waals surface area contributed by atoms with Crippen LogP contribution in [0.15, 0.2) is 24.3 Å². The lowest BCUT2D eigenvalue weighted by atomic mass is 9.78. The molecule has 0 heterocycles. The number of hydrogen-bond acceptors (Lipinski definition) is 2. The SMILES string of the molecule is CCCCCc1ccc(C2CCC(C(O)O)CC2)cc1. The fourth-order valence-electron chi connectivity index (χ4n) is 3.29. The first-order chi connectivity index (χ1) is 9.70. The monoisotopic (exact) mass is 276 g/mol. The Morgan fingerprint density at radius 2 is 1.65 bits per heavy atom. The highest BCUT2D eigenvalue weighted by Crippen LogP contribution is 2.36. The zero-order valence-corrected chi connectivity index (χ0v) is 12.6. The molecule has 2 heteroatoms. The second-order valence-corrected chi connectivity index (χ2v) is 6.22. The van der Waals surface area contributed by atoms with E-state index in [1.807, 2.05) is 0 Å². The second kappa shape index (κ2) is 7.80. The highest BCUT2D eigenvalue weighted by atomic mass is 16.5. The lowest BCUT2D eigenvalue weighted by molar-refractivity contribution is -0.0937. The molecular formula is C18H28O2. The molecule has 1 saturated carbocycles. The maximum atomic E-state index is 9.23. The van der Waals surface area contributed by atoms with Gasteiger partial charge >= 0.3 is 0 Å². The molecule has 20 heavy (non-hydrogen) atoms. The van der Waals surface area contributed by atoms with Gasteiger partial charge in [0.05, 0.1) is 0 Å². The van der Waals surface area contributed by atoms with E-state index in [1.165, 1.54) is 36.8 Å². The van der Waals surface area contributed by atoms with Gasteiger partial charge in [-0.2, -0.15) is 0 Å². The fourth-order valence-corrected chi connectivity index (χ4v) is 3.29. The molecule has 1 fully saturated rings. The summed E-state index contributed by atoms with van der Waals surface area (Å²) < 4.78 is 0. The molecule has 1 aromatic carbocycles. The van der Waals surface area contributed by atoms with Crippen LogP contribution in [-0.2, 0) is 6.42 Å². The minimum Gasteiger partial charge on any atom is -0.368 e. The van der Waals surface area contributed by atoms with Crippen LogP contribution in [0.3, 0.4) is 0 Å². The normalized spacial score (nSPS) is 23.2. The van der Waals surface area contributed by atoms with E-state index < -0.39 is 6.29 Å². The molecule has 0 radical (unpaired) electrons. The number of aryl methyl sites for hydroxylation is 1. The summed E-state index contributed by atoms with van der Waals surface area (Å²) in [6.45, 7) is 2.24. The van der Waals surface area contributed by atoms with Crippen molar-refractivity contribution in [1.29, 1.82) is 0 Å². The number of aliphatic hydroxyl groups excluding tert-OH is 1. The van der Waals surface area contributed by atoms with E-state index in [-0.39, 0.29) is 5.92 Å². The molecule has 2 nitrogen and oxygen atoms in total. The molecule has 0 aromatic heterocycles. The Kier molecular flexibility index (Phi) is 6.06. The summed E-state index contributed by atoms with van der Waals surface area (Å²) in [5.74, 6) is 0.689. The van der Waals surface area contributed by atoms with Crippen molar-refractivity contribution < 1.29 is 10.2 Å². The van der Waals surface area contributed by atoms with Crippen LogP contribution in [0.25, 0.3) is 0 Å². The van der Waals surface area contributed by atoms with Crippen molar-refractivity contribution in [3.05, 3.63) is 35.4 Å². The maximum absolute atomic E-state index is 9.23. The van der Waals surface area contributed by atoms with Crippen LogP contribution in [0.5, 0.6) is 0 Å². The van der Waals surface area contributed by atoms with Gasteiger partial charge in [0.25, 0.3) is 0 Å². The van der Waals surface area contributed by atoms with Gasteiger partial charge in [0.15, 0.2) is 6.29 Å². The van der Waals surface area contributed by atoms with Crippen LogP contribution in [-0.4, -0.2) is 16.5 Å². The van der Waals surface area contributed by atoms with Crippen LogP contribution in [0, 0.1) is 5.92 Å². The van der Waals surface area contributed by atoms with Crippen LogP contribution in [0.2, 0.25) is 0 Å². The summed E-state index contributed by atoms with van der Waals surface area (Å²) in [6, 6.07) is 9.11. The zero-order chi connectivity index (χ0) is 14.4.